The van der Waals surface area contributed by atoms with Gasteiger partial charge in [-0.05, 0) is 56.9 Å². The average molecular weight is 331 g/mol. The number of amides is 1. The highest BCUT2D eigenvalue weighted by Crippen LogP contribution is 2.32. The molecule has 1 saturated carbocycles. The van der Waals surface area contributed by atoms with Crippen molar-refractivity contribution in [3.8, 4) is 5.69 Å². The summed E-state index contributed by atoms with van der Waals surface area (Å²) in [7, 11) is 1.63. The third-order valence-electron chi connectivity index (χ3n) is 4.41. The lowest BCUT2D eigenvalue weighted by molar-refractivity contribution is 0.0645. The molecular weight excluding hydrogens is 309 g/mol. The van der Waals surface area contributed by atoms with Crippen molar-refractivity contribution in [2.75, 3.05) is 13.6 Å². The van der Waals surface area contributed by atoms with Crippen molar-refractivity contribution in [2.45, 2.75) is 32.8 Å². The lowest BCUT2D eigenvalue weighted by Crippen LogP contribution is -2.35. The number of rotatable bonds is 5. The lowest BCUT2D eigenvalue weighted by atomic mass is 10.1. The maximum absolute atomic E-state index is 14.5. The first-order valence-electron chi connectivity index (χ1n) is 8.13. The summed E-state index contributed by atoms with van der Waals surface area (Å²) in [5.41, 5.74) is 2.22. The van der Waals surface area contributed by atoms with Crippen molar-refractivity contribution in [2.24, 2.45) is 5.92 Å². The van der Waals surface area contributed by atoms with E-state index in [9.17, 15) is 14.3 Å². The zero-order valence-electron chi connectivity index (χ0n) is 14.2. The van der Waals surface area contributed by atoms with Gasteiger partial charge in [0.05, 0.1) is 11.8 Å². The number of aromatic nitrogens is 2. The molecule has 24 heavy (non-hydrogen) atoms. The second kappa shape index (κ2) is 6.36. The molecule has 1 unspecified atom stereocenters. The second-order valence-electron chi connectivity index (χ2n) is 6.60. The van der Waals surface area contributed by atoms with Crippen molar-refractivity contribution in [3.63, 3.8) is 0 Å². The van der Waals surface area contributed by atoms with Crippen LogP contribution in [-0.2, 0) is 0 Å². The molecule has 0 saturated heterocycles. The van der Waals surface area contributed by atoms with Gasteiger partial charge in [0, 0.05) is 24.8 Å². The molecule has 0 bridgehead atoms. The predicted octanol–water partition coefficient (Wildman–Crippen LogP) is 2.47. The number of hydrogen-bond donors (Lipinski definition) is 1. The number of carbonyl (C=O) groups is 1. The molecule has 1 atom stereocenters. The van der Waals surface area contributed by atoms with Gasteiger partial charge in [0.2, 0.25) is 0 Å². The van der Waals surface area contributed by atoms with Crippen LogP contribution in [-0.4, -0.2) is 45.4 Å². The van der Waals surface area contributed by atoms with Gasteiger partial charge in [-0.2, -0.15) is 5.10 Å². The molecule has 3 rings (SSSR count). The van der Waals surface area contributed by atoms with Crippen molar-refractivity contribution in [3.05, 3.63) is 47.0 Å². The number of aryl methyl sites for hydroxylation is 2. The summed E-state index contributed by atoms with van der Waals surface area (Å²) < 4.78 is 16.0. The molecule has 1 amide bonds. The fourth-order valence-electron chi connectivity index (χ4n) is 2.90. The molecule has 0 aliphatic heterocycles. The fourth-order valence-corrected chi connectivity index (χ4v) is 2.90. The van der Waals surface area contributed by atoms with Crippen LogP contribution in [0.5, 0.6) is 0 Å². The highest BCUT2D eigenvalue weighted by atomic mass is 19.1. The zero-order chi connectivity index (χ0) is 17.4. The molecule has 128 valence electrons. The van der Waals surface area contributed by atoms with Crippen LogP contribution in [0.25, 0.3) is 5.69 Å². The van der Waals surface area contributed by atoms with E-state index in [1.54, 1.807) is 19.2 Å². The van der Waals surface area contributed by atoms with E-state index in [1.807, 2.05) is 19.9 Å². The van der Waals surface area contributed by atoms with Crippen molar-refractivity contribution >= 4 is 5.91 Å². The van der Waals surface area contributed by atoms with Crippen LogP contribution in [0.15, 0.2) is 24.3 Å². The van der Waals surface area contributed by atoms with Crippen molar-refractivity contribution in [1.29, 1.82) is 0 Å². The molecule has 6 heteroatoms. The second-order valence-corrected chi connectivity index (χ2v) is 6.60. The van der Waals surface area contributed by atoms with Crippen LogP contribution < -0.4 is 0 Å². The average Bonchev–Trinajstić information content (AvgIpc) is 3.32. The van der Waals surface area contributed by atoms with E-state index in [0.717, 1.165) is 24.2 Å². The van der Waals surface area contributed by atoms with Crippen LogP contribution in [0, 0.1) is 25.6 Å². The minimum Gasteiger partial charge on any atom is -0.391 e. The summed E-state index contributed by atoms with van der Waals surface area (Å²) in [6, 6.07) is 6.25. The van der Waals surface area contributed by atoms with Gasteiger partial charge < -0.3 is 10.0 Å². The first-order chi connectivity index (χ1) is 11.4. The number of benzene rings is 1. The zero-order valence-corrected chi connectivity index (χ0v) is 14.2. The normalized spacial score (nSPS) is 15.4. The summed E-state index contributed by atoms with van der Waals surface area (Å²) >= 11 is 0. The van der Waals surface area contributed by atoms with Gasteiger partial charge in [0.25, 0.3) is 5.91 Å². The van der Waals surface area contributed by atoms with E-state index >= 15 is 0 Å². The lowest BCUT2D eigenvalue weighted by Gasteiger charge is -2.21. The van der Waals surface area contributed by atoms with Gasteiger partial charge in [-0.1, -0.05) is 0 Å². The minimum absolute atomic E-state index is 0.267. The Balaban J connectivity index is 1.78. The summed E-state index contributed by atoms with van der Waals surface area (Å²) in [5, 5.41) is 14.2. The van der Waals surface area contributed by atoms with Crippen LogP contribution in [0.1, 0.15) is 34.6 Å². The van der Waals surface area contributed by atoms with E-state index in [4.69, 9.17) is 0 Å². The number of aliphatic hydroxyl groups is 1. The Morgan fingerprint density at radius 3 is 2.67 bits per heavy atom. The molecule has 1 aliphatic rings. The third-order valence-corrected chi connectivity index (χ3v) is 4.41. The Kier molecular flexibility index (Phi) is 4.41. The Bertz CT molecular complexity index is 768. The quantitative estimate of drug-likeness (QED) is 0.916. The summed E-state index contributed by atoms with van der Waals surface area (Å²) in [6.07, 6.45) is 1.52. The molecule has 1 aromatic heterocycles. The molecule has 1 N–H and O–H groups in total. The van der Waals surface area contributed by atoms with Gasteiger partial charge in [0.1, 0.15) is 11.5 Å². The highest BCUT2D eigenvalue weighted by molar-refractivity contribution is 5.94. The number of likely N-dealkylation sites (N-methyl/N-ethyl adjacent to an activating group) is 1. The molecule has 1 aromatic carbocycles. The summed E-state index contributed by atoms with van der Waals surface area (Å²) in [5.74, 6) is -0.498. The predicted molar refractivity (Wildman–Crippen MR) is 88.7 cm³/mol. The topological polar surface area (TPSA) is 58.4 Å². The van der Waals surface area contributed by atoms with Gasteiger partial charge in [0.15, 0.2) is 0 Å². The number of aliphatic hydroxyl groups excluding tert-OH is 1. The molecule has 1 heterocycles. The highest BCUT2D eigenvalue weighted by Gasteiger charge is 2.31. The standard InChI is InChI=1S/C18H22FN3O2/c1-11-8-12(2)22(20-11)16-7-6-14(9-15(16)19)18(24)21(3)10-17(23)13-4-5-13/h6-9,13,17,23H,4-5,10H2,1-3H3. The van der Waals surface area contributed by atoms with E-state index < -0.39 is 11.9 Å². The minimum atomic E-state index is -0.502. The van der Waals surface area contributed by atoms with Crippen molar-refractivity contribution in [1.82, 2.24) is 14.7 Å². The molecule has 2 aromatic rings. The molecule has 5 nitrogen and oxygen atoms in total. The number of nitrogens with zero attached hydrogens (tertiary/aromatic N) is 3. The van der Waals surface area contributed by atoms with Gasteiger partial charge in [-0.25, -0.2) is 9.07 Å². The van der Waals surface area contributed by atoms with Crippen molar-refractivity contribution < 1.29 is 14.3 Å². The van der Waals surface area contributed by atoms with Crippen LogP contribution in [0.2, 0.25) is 0 Å². The van der Waals surface area contributed by atoms with Crippen LogP contribution in [0.3, 0.4) is 0 Å². The molecule has 0 spiro atoms. The monoisotopic (exact) mass is 331 g/mol. The maximum atomic E-state index is 14.5. The largest absolute Gasteiger partial charge is 0.391 e. The molecule has 0 radical (unpaired) electrons. The number of carbonyl (C=O) groups excluding carboxylic acids is 1. The Morgan fingerprint density at radius 2 is 2.12 bits per heavy atom. The Labute approximate surface area is 140 Å². The van der Waals surface area contributed by atoms with Crippen LogP contribution in [0.4, 0.5) is 4.39 Å². The van der Waals surface area contributed by atoms with Gasteiger partial charge in [-0.3, -0.25) is 4.79 Å². The Morgan fingerprint density at radius 1 is 1.42 bits per heavy atom. The number of hydrogen-bond acceptors (Lipinski definition) is 3. The van der Waals surface area contributed by atoms with E-state index in [-0.39, 0.29) is 18.0 Å². The van der Waals surface area contributed by atoms with E-state index in [2.05, 4.69) is 5.10 Å². The molecular formula is C18H22FN3O2. The van der Waals surface area contributed by atoms with E-state index in [1.165, 1.54) is 15.6 Å². The smallest absolute Gasteiger partial charge is 0.253 e. The fraction of sp³-hybridized carbons (Fsp3) is 0.444. The first kappa shape index (κ1) is 16.6. The van der Waals surface area contributed by atoms with E-state index in [0.29, 0.717) is 11.6 Å². The maximum Gasteiger partial charge on any atom is 0.253 e. The molecule has 1 aliphatic carbocycles. The van der Waals surface area contributed by atoms with Crippen LogP contribution >= 0.6 is 0 Å². The summed E-state index contributed by atoms with van der Waals surface area (Å²) in [6.45, 7) is 3.97. The Hall–Kier alpha value is -2.21. The van der Waals surface area contributed by atoms with Gasteiger partial charge >= 0.3 is 0 Å². The third kappa shape index (κ3) is 3.33. The molecule has 1 fully saturated rings. The summed E-state index contributed by atoms with van der Waals surface area (Å²) in [4.78, 5) is 13.9. The van der Waals surface area contributed by atoms with Gasteiger partial charge in [-0.15, -0.1) is 0 Å². The SMILES string of the molecule is Cc1cc(C)n(-c2ccc(C(=O)N(C)CC(O)C3CC3)cc2F)n1. The number of halogens is 1. The first-order valence-corrected chi connectivity index (χ1v) is 8.13.